The summed E-state index contributed by atoms with van der Waals surface area (Å²) in [5.74, 6) is 1.97. The fourth-order valence-electron chi connectivity index (χ4n) is 4.46. The molecule has 7 heteroatoms. The molecule has 0 saturated carbocycles. The van der Waals surface area contributed by atoms with E-state index in [0.717, 1.165) is 55.9 Å². The van der Waals surface area contributed by atoms with Crippen molar-refractivity contribution in [3.05, 3.63) is 47.8 Å². The zero-order chi connectivity index (χ0) is 18.9. The third-order valence-electron chi connectivity index (χ3n) is 5.98. The molecule has 28 heavy (non-hydrogen) atoms. The van der Waals surface area contributed by atoms with Crippen LogP contribution in [0.3, 0.4) is 0 Å². The maximum absolute atomic E-state index is 12.5. The van der Waals surface area contributed by atoms with Crippen molar-refractivity contribution in [2.24, 2.45) is 5.92 Å². The number of carbonyl (C=O) groups is 1. The maximum atomic E-state index is 12.5. The summed E-state index contributed by atoms with van der Waals surface area (Å²) >= 11 is 0. The van der Waals surface area contributed by atoms with E-state index in [0.29, 0.717) is 6.54 Å². The Balaban J connectivity index is 1.28. The Bertz CT molecular complexity index is 970. The summed E-state index contributed by atoms with van der Waals surface area (Å²) < 4.78 is 7.29. The molecule has 1 saturated heterocycles. The van der Waals surface area contributed by atoms with Gasteiger partial charge in [0.2, 0.25) is 5.91 Å². The molecule has 0 aromatic carbocycles. The molecule has 1 N–H and O–H groups in total. The molecule has 1 aliphatic heterocycles. The number of aromatic nitrogens is 3. The summed E-state index contributed by atoms with van der Waals surface area (Å²) in [7, 11) is 0. The van der Waals surface area contributed by atoms with Crippen molar-refractivity contribution in [2.75, 3.05) is 18.0 Å². The number of anilines is 1. The van der Waals surface area contributed by atoms with Gasteiger partial charge in [-0.25, -0.2) is 9.50 Å². The Hall–Kier alpha value is -2.83. The molecular formula is C21H25N5O2. The predicted octanol–water partition coefficient (Wildman–Crippen LogP) is 2.73. The minimum atomic E-state index is 0.0461. The van der Waals surface area contributed by atoms with Crippen molar-refractivity contribution in [3.63, 3.8) is 0 Å². The molecule has 2 aliphatic rings. The van der Waals surface area contributed by atoms with Crippen LogP contribution in [0, 0.1) is 5.92 Å². The number of nitrogens with zero attached hydrogens (tertiary/aromatic N) is 4. The van der Waals surface area contributed by atoms with E-state index < -0.39 is 0 Å². The van der Waals surface area contributed by atoms with Gasteiger partial charge in [-0.1, -0.05) is 0 Å². The fraction of sp³-hybridized carbons (Fsp3) is 0.476. The van der Waals surface area contributed by atoms with Crippen LogP contribution in [0.15, 0.2) is 35.2 Å². The second kappa shape index (κ2) is 7.30. The fourth-order valence-corrected chi connectivity index (χ4v) is 4.46. The third kappa shape index (κ3) is 3.15. The summed E-state index contributed by atoms with van der Waals surface area (Å²) in [5.41, 5.74) is 3.76. The lowest BCUT2D eigenvalue weighted by molar-refractivity contribution is -0.125. The molecule has 5 rings (SSSR count). The average molecular weight is 379 g/mol. The van der Waals surface area contributed by atoms with E-state index in [1.165, 1.54) is 24.1 Å². The van der Waals surface area contributed by atoms with E-state index in [9.17, 15) is 4.79 Å². The van der Waals surface area contributed by atoms with Crippen LogP contribution < -0.4 is 10.2 Å². The summed E-state index contributed by atoms with van der Waals surface area (Å²) in [6, 6.07) is 3.71. The second-order valence-corrected chi connectivity index (χ2v) is 7.73. The van der Waals surface area contributed by atoms with Gasteiger partial charge in [-0.05, 0) is 50.7 Å². The van der Waals surface area contributed by atoms with Crippen LogP contribution in [-0.4, -0.2) is 33.6 Å². The summed E-state index contributed by atoms with van der Waals surface area (Å²) in [5, 5.41) is 7.77. The highest BCUT2D eigenvalue weighted by molar-refractivity contribution is 5.79. The Morgan fingerprint density at radius 3 is 2.93 bits per heavy atom. The number of rotatable bonds is 4. The summed E-state index contributed by atoms with van der Waals surface area (Å²) in [6.07, 6.45) is 11.7. The number of furan rings is 1. The number of hydrogen-bond acceptors (Lipinski definition) is 5. The van der Waals surface area contributed by atoms with Crippen LogP contribution in [-0.2, 0) is 24.2 Å². The molecule has 0 spiro atoms. The normalized spacial score (nSPS) is 17.6. The van der Waals surface area contributed by atoms with Crippen LogP contribution >= 0.6 is 0 Å². The van der Waals surface area contributed by atoms with Crippen LogP contribution in [0.1, 0.15) is 42.7 Å². The van der Waals surface area contributed by atoms with Gasteiger partial charge < -0.3 is 14.6 Å². The van der Waals surface area contributed by atoms with E-state index in [1.807, 2.05) is 29.0 Å². The van der Waals surface area contributed by atoms with Crippen molar-refractivity contribution >= 4 is 17.2 Å². The van der Waals surface area contributed by atoms with Gasteiger partial charge in [0.1, 0.15) is 11.3 Å². The topological polar surface area (TPSA) is 75.7 Å². The third-order valence-corrected chi connectivity index (χ3v) is 5.98. The molecule has 1 aliphatic carbocycles. The van der Waals surface area contributed by atoms with Gasteiger partial charge in [0.05, 0.1) is 18.5 Å². The first-order valence-electron chi connectivity index (χ1n) is 10.2. The number of piperidine rings is 1. The molecule has 0 radical (unpaired) electrons. The molecule has 1 fully saturated rings. The minimum Gasteiger partial charge on any atom is -0.467 e. The Labute approximate surface area is 163 Å². The first-order valence-corrected chi connectivity index (χ1v) is 10.2. The van der Waals surface area contributed by atoms with Crippen molar-refractivity contribution in [1.29, 1.82) is 0 Å². The van der Waals surface area contributed by atoms with E-state index in [2.05, 4.69) is 10.2 Å². The SMILES string of the molecule is O=C(NCc1ccco1)C1CCN(c2nccn3nc4c(c23)CCCC4)CC1. The lowest BCUT2D eigenvalue weighted by Crippen LogP contribution is -2.40. The standard InChI is InChI=1S/C21H25N5O2/c27-21(23-14-16-4-3-13-28-16)15-7-10-25(11-8-15)20-19-17-5-1-2-6-18(17)24-26(19)12-9-22-20/h3-4,9,12-13,15H,1-2,5-8,10-11,14H2,(H,23,27). The van der Waals surface area contributed by atoms with Gasteiger partial charge in [0.25, 0.3) is 0 Å². The largest absolute Gasteiger partial charge is 0.467 e. The number of hydrogen-bond donors (Lipinski definition) is 1. The lowest BCUT2D eigenvalue weighted by atomic mass is 9.94. The molecule has 0 atom stereocenters. The van der Waals surface area contributed by atoms with Crippen LogP contribution in [0.25, 0.3) is 5.52 Å². The number of aryl methyl sites for hydroxylation is 2. The molecule has 3 aromatic heterocycles. The zero-order valence-corrected chi connectivity index (χ0v) is 15.9. The van der Waals surface area contributed by atoms with Gasteiger partial charge in [0, 0.05) is 37.0 Å². The van der Waals surface area contributed by atoms with Crippen molar-refractivity contribution in [3.8, 4) is 0 Å². The molecular weight excluding hydrogens is 354 g/mol. The van der Waals surface area contributed by atoms with E-state index >= 15 is 0 Å². The van der Waals surface area contributed by atoms with Crippen molar-refractivity contribution in [1.82, 2.24) is 19.9 Å². The highest BCUT2D eigenvalue weighted by Crippen LogP contribution is 2.32. The molecule has 0 bridgehead atoms. The van der Waals surface area contributed by atoms with Gasteiger partial charge in [0.15, 0.2) is 5.82 Å². The molecule has 1 amide bonds. The molecule has 146 valence electrons. The molecule has 4 heterocycles. The van der Waals surface area contributed by atoms with Gasteiger partial charge >= 0.3 is 0 Å². The number of carbonyl (C=O) groups excluding carboxylic acids is 1. The first-order chi connectivity index (χ1) is 13.8. The molecule has 0 unspecified atom stereocenters. The van der Waals surface area contributed by atoms with Crippen LogP contribution in [0.4, 0.5) is 5.82 Å². The van der Waals surface area contributed by atoms with Gasteiger partial charge in [-0.2, -0.15) is 5.10 Å². The number of fused-ring (bicyclic) bond motifs is 3. The van der Waals surface area contributed by atoms with E-state index in [1.54, 1.807) is 6.26 Å². The molecule has 3 aromatic rings. The van der Waals surface area contributed by atoms with Crippen molar-refractivity contribution in [2.45, 2.75) is 45.1 Å². The molecule has 7 nitrogen and oxygen atoms in total. The van der Waals surface area contributed by atoms with Crippen LogP contribution in [0.2, 0.25) is 0 Å². The number of nitrogens with one attached hydrogen (secondary N) is 1. The first kappa shape index (κ1) is 17.3. The quantitative estimate of drug-likeness (QED) is 0.754. The van der Waals surface area contributed by atoms with Gasteiger partial charge in [-0.3, -0.25) is 4.79 Å². The highest BCUT2D eigenvalue weighted by atomic mass is 16.3. The predicted molar refractivity (Wildman–Crippen MR) is 105 cm³/mol. The van der Waals surface area contributed by atoms with E-state index in [-0.39, 0.29) is 11.8 Å². The Morgan fingerprint density at radius 1 is 1.25 bits per heavy atom. The van der Waals surface area contributed by atoms with Crippen LogP contribution in [0.5, 0.6) is 0 Å². The second-order valence-electron chi connectivity index (χ2n) is 7.73. The van der Waals surface area contributed by atoms with E-state index in [4.69, 9.17) is 14.5 Å². The van der Waals surface area contributed by atoms with Crippen molar-refractivity contribution < 1.29 is 9.21 Å². The highest BCUT2D eigenvalue weighted by Gasteiger charge is 2.28. The Morgan fingerprint density at radius 2 is 2.11 bits per heavy atom. The monoisotopic (exact) mass is 379 g/mol. The smallest absolute Gasteiger partial charge is 0.223 e. The minimum absolute atomic E-state index is 0.0461. The Kier molecular flexibility index (Phi) is 4.50. The van der Waals surface area contributed by atoms with Gasteiger partial charge in [-0.15, -0.1) is 0 Å². The average Bonchev–Trinajstić information content (AvgIpc) is 3.39. The zero-order valence-electron chi connectivity index (χ0n) is 15.9. The lowest BCUT2D eigenvalue weighted by Gasteiger charge is -2.32. The summed E-state index contributed by atoms with van der Waals surface area (Å²) in [4.78, 5) is 19.5. The maximum Gasteiger partial charge on any atom is 0.223 e. The number of amides is 1. The summed E-state index contributed by atoms with van der Waals surface area (Å²) in [6.45, 7) is 2.13.